The van der Waals surface area contributed by atoms with Crippen LogP contribution < -0.4 is 5.32 Å². The van der Waals surface area contributed by atoms with Crippen LogP contribution in [0, 0.1) is 11.6 Å². The van der Waals surface area contributed by atoms with E-state index in [1.807, 2.05) is 13.8 Å². The van der Waals surface area contributed by atoms with Gasteiger partial charge in [0.1, 0.15) is 11.6 Å². The zero-order chi connectivity index (χ0) is 13.3. The van der Waals surface area contributed by atoms with E-state index in [-0.39, 0.29) is 21.8 Å². The molecule has 3 unspecified atom stereocenters. The third kappa shape index (κ3) is 2.34. The van der Waals surface area contributed by atoms with E-state index in [0.717, 1.165) is 25.1 Å². The Kier molecular flexibility index (Phi) is 4.12. The van der Waals surface area contributed by atoms with E-state index in [1.54, 1.807) is 0 Å². The smallest absolute Gasteiger partial charge is 0.139 e. The highest BCUT2D eigenvalue weighted by Gasteiger charge is 2.34. The van der Waals surface area contributed by atoms with E-state index in [9.17, 15) is 13.0 Å². The first-order chi connectivity index (χ1) is 8.56. The summed E-state index contributed by atoms with van der Waals surface area (Å²) in [6.45, 7) is 4.56. The SMILES string of the molecule is CCCNC1CC(C)S(=O)c2c(F)ccc(F)c21. The second-order valence-corrected chi connectivity index (χ2v) is 6.43. The lowest BCUT2D eigenvalue weighted by atomic mass is 10.00. The van der Waals surface area contributed by atoms with Crippen LogP contribution >= 0.6 is 0 Å². The van der Waals surface area contributed by atoms with Crippen LogP contribution in [0.2, 0.25) is 0 Å². The average Bonchev–Trinajstić information content (AvgIpc) is 2.35. The molecule has 5 heteroatoms. The van der Waals surface area contributed by atoms with Crippen molar-refractivity contribution in [3.8, 4) is 0 Å². The molecular formula is C13H17F2NOS. The van der Waals surface area contributed by atoms with Crippen molar-refractivity contribution in [1.82, 2.24) is 5.32 Å². The van der Waals surface area contributed by atoms with Crippen LogP contribution in [0.15, 0.2) is 17.0 Å². The molecule has 0 radical (unpaired) electrons. The maximum atomic E-state index is 13.9. The Morgan fingerprint density at radius 1 is 1.39 bits per heavy atom. The van der Waals surface area contributed by atoms with Gasteiger partial charge >= 0.3 is 0 Å². The molecular weight excluding hydrogens is 256 g/mol. The number of nitrogens with one attached hydrogen (secondary N) is 1. The summed E-state index contributed by atoms with van der Waals surface area (Å²) < 4.78 is 39.8. The molecule has 0 aliphatic carbocycles. The summed E-state index contributed by atoms with van der Waals surface area (Å²) in [5.41, 5.74) is 0.250. The second kappa shape index (κ2) is 5.45. The predicted molar refractivity (Wildman–Crippen MR) is 67.9 cm³/mol. The van der Waals surface area contributed by atoms with Crippen molar-refractivity contribution >= 4 is 10.8 Å². The standard InChI is InChI=1S/C13H17F2NOS/c1-3-6-16-11-7-8(2)18(17)13-10(15)5-4-9(14)12(11)13/h4-5,8,11,16H,3,6-7H2,1-2H3. The summed E-state index contributed by atoms with van der Waals surface area (Å²) >= 11 is 0. The Labute approximate surface area is 108 Å². The zero-order valence-corrected chi connectivity index (χ0v) is 11.3. The highest BCUT2D eigenvalue weighted by molar-refractivity contribution is 7.85. The Bertz CT molecular complexity index is 478. The molecule has 0 saturated heterocycles. The van der Waals surface area contributed by atoms with Gasteiger partial charge in [-0.3, -0.25) is 4.21 Å². The van der Waals surface area contributed by atoms with E-state index in [2.05, 4.69) is 5.32 Å². The molecule has 1 aliphatic rings. The van der Waals surface area contributed by atoms with Crippen LogP contribution in [-0.2, 0) is 10.8 Å². The lowest BCUT2D eigenvalue weighted by molar-refractivity contribution is 0.440. The van der Waals surface area contributed by atoms with E-state index in [4.69, 9.17) is 0 Å². The maximum absolute atomic E-state index is 13.9. The topological polar surface area (TPSA) is 29.1 Å². The minimum atomic E-state index is -1.46. The third-order valence-corrected chi connectivity index (χ3v) is 4.96. The van der Waals surface area contributed by atoms with E-state index >= 15 is 0 Å². The lowest BCUT2D eigenvalue weighted by Crippen LogP contribution is -2.33. The first-order valence-corrected chi connectivity index (χ1v) is 7.39. The fourth-order valence-corrected chi connectivity index (χ4v) is 3.81. The number of hydrogen-bond donors (Lipinski definition) is 1. The molecule has 0 saturated carbocycles. The molecule has 0 aromatic heterocycles. The van der Waals surface area contributed by atoms with E-state index in [1.165, 1.54) is 0 Å². The summed E-state index contributed by atoms with van der Waals surface area (Å²) in [5.74, 6) is -1.04. The van der Waals surface area contributed by atoms with Gasteiger partial charge in [0.25, 0.3) is 0 Å². The van der Waals surface area contributed by atoms with Crippen LogP contribution in [0.1, 0.15) is 38.3 Å². The van der Waals surface area contributed by atoms with Gasteiger partial charge in [-0.25, -0.2) is 8.78 Å². The molecule has 0 fully saturated rings. The summed E-state index contributed by atoms with van der Waals surface area (Å²) in [6, 6.07) is 1.92. The lowest BCUT2D eigenvalue weighted by Gasteiger charge is -2.30. The van der Waals surface area contributed by atoms with Gasteiger partial charge in [-0.2, -0.15) is 0 Å². The van der Waals surface area contributed by atoms with Crippen LogP contribution in [0.4, 0.5) is 8.78 Å². The molecule has 0 bridgehead atoms. The zero-order valence-electron chi connectivity index (χ0n) is 10.5. The van der Waals surface area contributed by atoms with Gasteiger partial charge in [0.15, 0.2) is 0 Å². The number of rotatable bonds is 3. The van der Waals surface area contributed by atoms with Gasteiger partial charge in [0.2, 0.25) is 0 Å². The highest BCUT2D eigenvalue weighted by atomic mass is 32.2. The number of benzene rings is 1. The van der Waals surface area contributed by atoms with Gasteiger partial charge in [0, 0.05) is 16.9 Å². The molecule has 0 spiro atoms. The van der Waals surface area contributed by atoms with Crippen LogP contribution in [0.5, 0.6) is 0 Å². The Morgan fingerprint density at radius 3 is 2.72 bits per heavy atom. The van der Waals surface area contributed by atoms with Crippen molar-refractivity contribution < 1.29 is 13.0 Å². The molecule has 2 rings (SSSR count). The normalized spacial score (nSPS) is 27.0. The monoisotopic (exact) mass is 273 g/mol. The maximum Gasteiger partial charge on any atom is 0.139 e. The van der Waals surface area contributed by atoms with Crippen molar-refractivity contribution in [2.24, 2.45) is 0 Å². The van der Waals surface area contributed by atoms with Crippen molar-refractivity contribution in [3.63, 3.8) is 0 Å². The fraction of sp³-hybridized carbons (Fsp3) is 0.538. The molecule has 100 valence electrons. The molecule has 2 nitrogen and oxygen atoms in total. The van der Waals surface area contributed by atoms with E-state index < -0.39 is 22.4 Å². The summed E-state index contributed by atoms with van der Waals surface area (Å²) in [5, 5.41) is 3.04. The van der Waals surface area contributed by atoms with Gasteiger partial charge in [-0.05, 0) is 31.5 Å². The molecule has 3 atom stereocenters. The predicted octanol–water partition coefficient (Wildman–Crippen LogP) is 2.91. The van der Waals surface area contributed by atoms with Gasteiger partial charge in [-0.15, -0.1) is 0 Å². The second-order valence-electron chi connectivity index (χ2n) is 4.62. The molecule has 1 heterocycles. The fourth-order valence-electron chi connectivity index (χ4n) is 2.32. The van der Waals surface area contributed by atoms with Crippen molar-refractivity contribution in [1.29, 1.82) is 0 Å². The molecule has 1 aliphatic heterocycles. The molecule has 1 aromatic carbocycles. The Hall–Kier alpha value is -0.810. The number of fused-ring (bicyclic) bond motifs is 1. The van der Waals surface area contributed by atoms with Gasteiger partial charge in [0.05, 0.1) is 15.7 Å². The van der Waals surface area contributed by atoms with Gasteiger partial charge < -0.3 is 5.32 Å². The quantitative estimate of drug-likeness (QED) is 0.917. The van der Waals surface area contributed by atoms with Crippen LogP contribution in [0.3, 0.4) is 0 Å². The largest absolute Gasteiger partial charge is 0.310 e. The summed E-state index contributed by atoms with van der Waals surface area (Å²) in [6.07, 6.45) is 1.49. The Morgan fingerprint density at radius 2 is 2.06 bits per heavy atom. The first-order valence-electron chi connectivity index (χ1n) is 6.18. The van der Waals surface area contributed by atoms with Crippen LogP contribution in [-0.4, -0.2) is 16.0 Å². The average molecular weight is 273 g/mol. The molecule has 1 aromatic rings. The molecule has 1 N–H and O–H groups in total. The molecule has 0 amide bonds. The first kappa shape index (κ1) is 13.6. The van der Waals surface area contributed by atoms with Crippen molar-refractivity contribution in [2.45, 2.75) is 42.9 Å². The summed E-state index contributed by atoms with van der Waals surface area (Å²) in [4.78, 5) is 0.0438. The number of halogens is 2. The molecule has 18 heavy (non-hydrogen) atoms. The minimum Gasteiger partial charge on any atom is -0.310 e. The van der Waals surface area contributed by atoms with Crippen LogP contribution in [0.25, 0.3) is 0 Å². The van der Waals surface area contributed by atoms with E-state index in [0.29, 0.717) is 6.42 Å². The van der Waals surface area contributed by atoms with Crippen molar-refractivity contribution in [3.05, 3.63) is 29.3 Å². The highest BCUT2D eigenvalue weighted by Crippen LogP contribution is 2.37. The van der Waals surface area contributed by atoms with Crippen molar-refractivity contribution in [2.75, 3.05) is 6.54 Å². The Balaban J connectivity index is 2.48. The number of hydrogen-bond acceptors (Lipinski definition) is 2. The summed E-state index contributed by atoms with van der Waals surface area (Å²) in [7, 11) is -1.46. The minimum absolute atomic E-state index is 0.0438. The van der Waals surface area contributed by atoms with Gasteiger partial charge in [-0.1, -0.05) is 13.8 Å². The third-order valence-electron chi connectivity index (χ3n) is 3.22.